The minimum absolute atomic E-state index is 0.290. The lowest BCUT2D eigenvalue weighted by Crippen LogP contribution is -2.41. The molecule has 0 aliphatic carbocycles. The summed E-state index contributed by atoms with van der Waals surface area (Å²) < 4.78 is 1.80. The predicted octanol–water partition coefficient (Wildman–Crippen LogP) is 2.11. The predicted molar refractivity (Wildman–Crippen MR) is 80.4 cm³/mol. The van der Waals surface area contributed by atoms with E-state index in [4.69, 9.17) is 5.26 Å². The van der Waals surface area contributed by atoms with E-state index in [1.165, 1.54) is 4.68 Å². The van der Waals surface area contributed by atoms with Gasteiger partial charge in [0.15, 0.2) is 10.3 Å². The second kappa shape index (κ2) is 5.66. The average molecular weight is 348 g/mol. The number of hydrogen-bond donors (Lipinski definition) is 1. The molecule has 21 heavy (non-hydrogen) atoms. The first-order chi connectivity index (χ1) is 9.85. The van der Waals surface area contributed by atoms with Crippen LogP contribution in [0, 0.1) is 11.3 Å². The van der Waals surface area contributed by atoms with Crippen molar-refractivity contribution in [2.24, 2.45) is 7.05 Å². The number of rotatable bonds is 3. The Bertz CT molecular complexity index is 710. The molecule has 0 aliphatic heterocycles. The zero-order valence-electron chi connectivity index (χ0n) is 11.9. The molecule has 0 radical (unpaired) electrons. The van der Waals surface area contributed by atoms with Crippen LogP contribution in [0.4, 0.5) is 0 Å². The summed E-state index contributed by atoms with van der Waals surface area (Å²) in [5.74, 6) is -0.290. The van der Waals surface area contributed by atoms with Crippen LogP contribution in [0.15, 0.2) is 28.9 Å². The van der Waals surface area contributed by atoms with Gasteiger partial charge < -0.3 is 5.32 Å². The number of benzene rings is 1. The van der Waals surface area contributed by atoms with Crippen molar-refractivity contribution in [3.8, 4) is 6.07 Å². The van der Waals surface area contributed by atoms with E-state index in [-0.39, 0.29) is 5.91 Å². The molecule has 6 nitrogen and oxygen atoms in total. The number of nitrogens with zero attached hydrogens (tertiary/aromatic N) is 4. The van der Waals surface area contributed by atoms with Crippen LogP contribution < -0.4 is 5.32 Å². The summed E-state index contributed by atoms with van der Waals surface area (Å²) in [6, 6.07) is 9.25. The first-order valence-electron chi connectivity index (χ1n) is 6.23. The Morgan fingerprint density at radius 3 is 2.76 bits per heavy atom. The first kappa shape index (κ1) is 15.2. The van der Waals surface area contributed by atoms with Crippen molar-refractivity contribution in [3.63, 3.8) is 0 Å². The molecule has 7 heteroatoms. The van der Waals surface area contributed by atoms with E-state index in [0.717, 1.165) is 5.56 Å². The topological polar surface area (TPSA) is 83.6 Å². The maximum atomic E-state index is 12.4. The molecule has 0 saturated heterocycles. The van der Waals surface area contributed by atoms with Crippen molar-refractivity contribution in [3.05, 3.63) is 45.7 Å². The SMILES string of the molecule is Cn1nnc(Br)c1C(=O)NC(C)(C)c1cccc(C#N)c1. The van der Waals surface area contributed by atoms with E-state index in [1.807, 2.05) is 19.9 Å². The quantitative estimate of drug-likeness (QED) is 0.921. The number of aryl methyl sites for hydroxylation is 1. The zero-order chi connectivity index (χ0) is 15.6. The molecule has 2 aromatic rings. The van der Waals surface area contributed by atoms with E-state index >= 15 is 0 Å². The molecular formula is C14H14BrN5O. The van der Waals surface area contributed by atoms with Gasteiger partial charge in [0.05, 0.1) is 17.2 Å². The minimum atomic E-state index is -0.631. The summed E-state index contributed by atoms with van der Waals surface area (Å²) >= 11 is 3.21. The second-order valence-electron chi connectivity index (χ2n) is 5.12. The van der Waals surface area contributed by atoms with E-state index in [0.29, 0.717) is 15.9 Å². The van der Waals surface area contributed by atoms with Gasteiger partial charge in [-0.05, 0) is 47.5 Å². The minimum Gasteiger partial charge on any atom is -0.342 e. The van der Waals surface area contributed by atoms with E-state index in [2.05, 4.69) is 37.6 Å². The monoisotopic (exact) mass is 347 g/mol. The number of nitriles is 1. The summed E-state index contributed by atoms with van der Waals surface area (Å²) in [5.41, 5.74) is 1.12. The Morgan fingerprint density at radius 1 is 1.48 bits per heavy atom. The maximum absolute atomic E-state index is 12.4. The van der Waals surface area contributed by atoms with Crippen LogP contribution in [0.1, 0.15) is 35.5 Å². The fraction of sp³-hybridized carbons (Fsp3) is 0.286. The third-order valence-corrected chi connectivity index (χ3v) is 3.67. The van der Waals surface area contributed by atoms with Gasteiger partial charge >= 0.3 is 0 Å². The number of halogens is 1. The van der Waals surface area contributed by atoms with Gasteiger partial charge in [0.1, 0.15) is 0 Å². The molecule has 1 aromatic carbocycles. The number of carbonyl (C=O) groups is 1. The Morgan fingerprint density at radius 2 is 2.19 bits per heavy atom. The highest BCUT2D eigenvalue weighted by Crippen LogP contribution is 2.22. The number of amides is 1. The summed E-state index contributed by atoms with van der Waals surface area (Å²) in [7, 11) is 1.65. The normalized spacial score (nSPS) is 11.0. The highest BCUT2D eigenvalue weighted by molar-refractivity contribution is 9.10. The number of nitrogens with one attached hydrogen (secondary N) is 1. The third-order valence-electron chi connectivity index (χ3n) is 3.14. The van der Waals surface area contributed by atoms with Gasteiger partial charge in [-0.2, -0.15) is 5.26 Å². The van der Waals surface area contributed by atoms with Crippen molar-refractivity contribution in [1.82, 2.24) is 20.3 Å². The Hall–Kier alpha value is -2.20. The molecule has 0 bridgehead atoms. The molecule has 0 saturated carbocycles. The lowest BCUT2D eigenvalue weighted by Gasteiger charge is -2.27. The van der Waals surface area contributed by atoms with Crippen molar-refractivity contribution < 1.29 is 4.79 Å². The Kier molecular flexibility index (Phi) is 4.09. The third kappa shape index (κ3) is 3.11. The first-order valence-corrected chi connectivity index (χ1v) is 7.03. The average Bonchev–Trinajstić information content (AvgIpc) is 2.77. The fourth-order valence-electron chi connectivity index (χ4n) is 1.97. The van der Waals surface area contributed by atoms with Crippen LogP contribution in [0.5, 0.6) is 0 Å². The summed E-state index contributed by atoms with van der Waals surface area (Å²) in [6.45, 7) is 3.75. The summed E-state index contributed by atoms with van der Waals surface area (Å²) in [6.07, 6.45) is 0. The molecule has 0 fully saturated rings. The zero-order valence-corrected chi connectivity index (χ0v) is 13.5. The summed E-state index contributed by atoms with van der Waals surface area (Å²) in [4.78, 5) is 12.4. The maximum Gasteiger partial charge on any atom is 0.273 e. The molecule has 1 N–H and O–H groups in total. The molecule has 2 rings (SSSR count). The van der Waals surface area contributed by atoms with Crippen LogP contribution >= 0.6 is 15.9 Å². The standard InChI is InChI=1S/C14H14BrN5O/c1-14(2,10-6-4-5-9(7-10)8-16)17-13(21)11-12(15)18-19-20(11)3/h4-7H,1-3H3,(H,17,21). The lowest BCUT2D eigenvalue weighted by atomic mass is 9.93. The van der Waals surface area contributed by atoms with Gasteiger partial charge in [-0.1, -0.05) is 17.3 Å². The highest BCUT2D eigenvalue weighted by Gasteiger charge is 2.26. The van der Waals surface area contributed by atoms with Crippen LogP contribution in [-0.4, -0.2) is 20.9 Å². The second-order valence-corrected chi connectivity index (χ2v) is 5.88. The molecule has 0 atom stereocenters. The van der Waals surface area contributed by atoms with Gasteiger partial charge in [-0.3, -0.25) is 4.79 Å². The van der Waals surface area contributed by atoms with Gasteiger partial charge in [-0.25, -0.2) is 4.68 Å². The van der Waals surface area contributed by atoms with E-state index in [1.54, 1.807) is 25.2 Å². The van der Waals surface area contributed by atoms with Crippen molar-refractivity contribution >= 4 is 21.8 Å². The summed E-state index contributed by atoms with van der Waals surface area (Å²) in [5, 5.41) is 19.5. The van der Waals surface area contributed by atoms with E-state index in [9.17, 15) is 4.79 Å². The van der Waals surface area contributed by atoms with Gasteiger partial charge in [0.2, 0.25) is 0 Å². The van der Waals surface area contributed by atoms with Gasteiger partial charge in [0, 0.05) is 7.05 Å². The van der Waals surface area contributed by atoms with Crippen LogP contribution in [0.3, 0.4) is 0 Å². The van der Waals surface area contributed by atoms with Crippen LogP contribution in [0.2, 0.25) is 0 Å². The largest absolute Gasteiger partial charge is 0.342 e. The number of hydrogen-bond acceptors (Lipinski definition) is 4. The molecule has 0 aliphatic rings. The van der Waals surface area contributed by atoms with Crippen LogP contribution in [-0.2, 0) is 12.6 Å². The van der Waals surface area contributed by atoms with Crippen molar-refractivity contribution in [1.29, 1.82) is 5.26 Å². The van der Waals surface area contributed by atoms with Gasteiger partial charge in [0.25, 0.3) is 5.91 Å². The molecule has 108 valence electrons. The smallest absolute Gasteiger partial charge is 0.273 e. The molecule has 1 heterocycles. The fourth-order valence-corrected chi connectivity index (χ4v) is 2.47. The number of carbonyl (C=O) groups excluding carboxylic acids is 1. The van der Waals surface area contributed by atoms with E-state index < -0.39 is 5.54 Å². The molecule has 1 aromatic heterocycles. The Labute approximate surface area is 130 Å². The lowest BCUT2D eigenvalue weighted by molar-refractivity contribution is 0.0901. The van der Waals surface area contributed by atoms with Crippen molar-refractivity contribution in [2.75, 3.05) is 0 Å². The molecule has 0 spiro atoms. The van der Waals surface area contributed by atoms with Gasteiger partial charge in [-0.15, -0.1) is 5.10 Å². The highest BCUT2D eigenvalue weighted by atomic mass is 79.9. The number of aromatic nitrogens is 3. The van der Waals surface area contributed by atoms with Crippen molar-refractivity contribution in [2.45, 2.75) is 19.4 Å². The molecule has 1 amide bonds. The van der Waals surface area contributed by atoms with Crippen LogP contribution in [0.25, 0.3) is 0 Å². The molecule has 0 unspecified atom stereocenters. The Balaban J connectivity index is 2.29. The molecular weight excluding hydrogens is 334 g/mol.